The third-order valence-corrected chi connectivity index (χ3v) is 2.77. The highest BCUT2D eigenvalue weighted by Crippen LogP contribution is 2.11. The topological polar surface area (TPSA) is 84.5 Å². The molecule has 0 aliphatic rings. The van der Waals surface area contributed by atoms with Crippen molar-refractivity contribution in [2.75, 3.05) is 11.9 Å². The number of carbonyl (C=O) groups excluding carboxylic acids is 3. The third kappa shape index (κ3) is 6.07. The van der Waals surface area contributed by atoms with E-state index < -0.39 is 5.97 Å². The fourth-order valence-electron chi connectivity index (χ4n) is 1.56. The number of amides is 2. The van der Waals surface area contributed by atoms with Crippen LogP contribution in [0.4, 0.5) is 5.69 Å². The zero-order chi connectivity index (χ0) is 15.8. The fraction of sp³-hybridized carbons (Fsp3) is 0.400. The molecule has 0 radical (unpaired) electrons. The second-order valence-corrected chi connectivity index (χ2v) is 4.71. The maximum atomic E-state index is 11.8. The van der Waals surface area contributed by atoms with Gasteiger partial charge in [-0.15, -0.1) is 0 Å². The number of hydrogen-bond acceptors (Lipinski definition) is 4. The van der Waals surface area contributed by atoms with Crippen molar-refractivity contribution in [1.29, 1.82) is 0 Å². The van der Waals surface area contributed by atoms with Crippen molar-refractivity contribution in [3.63, 3.8) is 0 Å². The molecule has 0 fully saturated rings. The molecule has 1 rings (SSSR count). The van der Waals surface area contributed by atoms with Gasteiger partial charge < -0.3 is 15.4 Å². The van der Waals surface area contributed by atoms with Crippen molar-refractivity contribution in [3.05, 3.63) is 29.8 Å². The van der Waals surface area contributed by atoms with Gasteiger partial charge >= 0.3 is 5.97 Å². The van der Waals surface area contributed by atoms with Gasteiger partial charge in [0.05, 0.1) is 5.56 Å². The van der Waals surface area contributed by atoms with E-state index in [-0.39, 0.29) is 30.0 Å². The van der Waals surface area contributed by atoms with E-state index in [4.69, 9.17) is 4.74 Å². The number of rotatable bonds is 6. The Morgan fingerprint density at radius 3 is 2.62 bits per heavy atom. The lowest BCUT2D eigenvalue weighted by Crippen LogP contribution is -2.35. The first-order valence-corrected chi connectivity index (χ1v) is 6.76. The lowest BCUT2D eigenvalue weighted by Gasteiger charge is -2.11. The SMILES string of the molecule is CCC(C)NC(=O)COC(=O)c1cccc(NC(C)=O)c1. The lowest BCUT2D eigenvalue weighted by molar-refractivity contribution is -0.124. The van der Waals surface area contributed by atoms with Crippen molar-refractivity contribution in [2.45, 2.75) is 33.2 Å². The molecular formula is C15H20N2O4. The molecule has 21 heavy (non-hydrogen) atoms. The van der Waals surface area contributed by atoms with E-state index in [1.807, 2.05) is 13.8 Å². The standard InChI is InChI=1S/C15H20N2O4/c1-4-10(2)16-14(19)9-21-15(20)12-6-5-7-13(8-12)17-11(3)18/h5-8,10H,4,9H2,1-3H3,(H,16,19)(H,17,18). The van der Waals surface area contributed by atoms with Crippen molar-refractivity contribution in [1.82, 2.24) is 5.32 Å². The molecular weight excluding hydrogens is 272 g/mol. The normalized spacial score (nSPS) is 11.4. The van der Waals surface area contributed by atoms with Gasteiger partial charge in [0.15, 0.2) is 6.61 Å². The molecule has 0 saturated heterocycles. The molecule has 6 heteroatoms. The number of carbonyl (C=O) groups is 3. The molecule has 2 N–H and O–H groups in total. The van der Waals surface area contributed by atoms with Gasteiger partial charge in [0.1, 0.15) is 0 Å². The second kappa shape index (κ2) is 8.04. The van der Waals surface area contributed by atoms with Crippen LogP contribution in [-0.2, 0) is 14.3 Å². The summed E-state index contributed by atoms with van der Waals surface area (Å²) < 4.78 is 4.93. The van der Waals surface area contributed by atoms with E-state index in [1.54, 1.807) is 18.2 Å². The molecule has 0 aromatic heterocycles. The van der Waals surface area contributed by atoms with Gasteiger partial charge in [-0.3, -0.25) is 9.59 Å². The lowest BCUT2D eigenvalue weighted by atomic mass is 10.2. The van der Waals surface area contributed by atoms with Crippen LogP contribution in [0.5, 0.6) is 0 Å². The maximum absolute atomic E-state index is 11.8. The summed E-state index contributed by atoms with van der Waals surface area (Å²) in [4.78, 5) is 34.3. The van der Waals surface area contributed by atoms with Crippen molar-refractivity contribution in [2.24, 2.45) is 0 Å². The first-order valence-electron chi connectivity index (χ1n) is 6.76. The summed E-state index contributed by atoms with van der Waals surface area (Å²) in [6.45, 7) is 4.87. The summed E-state index contributed by atoms with van der Waals surface area (Å²) in [6.07, 6.45) is 0.804. The van der Waals surface area contributed by atoms with Crippen LogP contribution in [0.2, 0.25) is 0 Å². The quantitative estimate of drug-likeness (QED) is 0.782. The van der Waals surface area contributed by atoms with Gasteiger partial charge in [0.25, 0.3) is 5.91 Å². The van der Waals surface area contributed by atoms with Crippen LogP contribution < -0.4 is 10.6 Å². The van der Waals surface area contributed by atoms with Gasteiger partial charge in [0.2, 0.25) is 5.91 Å². The number of esters is 1. The molecule has 1 unspecified atom stereocenters. The highest BCUT2D eigenvalue weighted by atomic mass is 16.5. The molecule has 0 heterocycles. The third-order valence-electron chi connectivity index (χ3n) is 2.77. The zero-order valence-corrected chi connectivity index (χ0v) is 12.4. The highest BCUT2D eigenvalue weighted by molar-refractivity contribution is 5.94. The molecule has 1 atom stereocenters. The molecule has 0 spiro atoms. The van der Waals surface area contributed by atoms with Crippen molar-refractivity contribution in [3.8, 4) is 0 Å². The van der Waals surface area contributed by atoms with Gasteiger partial charge in [-0.05, 0) is 31.5 Å². The summed E-state index contributed by atoms with van der Waals surface area (Å²) >= 11 is 0. The number of anilines is 1. The average Bonchev–Trinajstić information content (AvgIpc) is 2.44. The minimum Gasteiger partial charge on any atom is -0.452 e. The first kappa shape index (κ1) is 16.7. The summed E-state index contributed by atoms with van der Waals surface area (Å²) in [5.74, 6) is -1.18. The molecule has 2 amide bonds. The Morgan fingerprint density at radius 2 is 2.00 bits per heavy atom. The zero-order valence-electron chi connectivity index (χ0n) is 12.4. The van der Waals surface area contributed by atoms with Gasteiger partial charge in [-0.25, -0.2) is 4.79 Å². The summed E-state index contributed by atoms with van der Waals surface area (Å²) in [5.41, 5.74) is 0.776. The molecule has 0 aliphatic carbocycles. The Morgan fingerprint density at radius 1 is 1.29 bits per heavy atom. The van der Waals surface area contributed by atoms with Crippen molar-refractivity contribution < 1.29 is 19.1 Å². The van der Waals surface area contributed by atoms with Gasteiger partial charge in [-0.2, -0.15) is 0 Å². The van der Waals surface area contributed by atoms with Gasteiger partial charge in [0, 0.05) is 18.7 Å². The molecule has 0 saturated carbocycles. The monoisotopic (exact) mass is 292 g/mol. The molecule has 0 bridgehead atoms. The minimum atomic E-state index is -0.610. The molecule has 1 aromatic carbocycles. The molecule has 1 aromatic rings. The maximum Gasteiger partial charge on any atom is 0.338 e. The Kier molecular flexibility index (Phi) is 6.39. The smallest absolute Gasteiger partial charge is 0.338 e. The highest BCUT2D eigenvalue weighted by Gasteiger charge is 2.12. The van der Waals surface area contributed by atoms with E-state index in [0.717, 1.165) is 6.42 Å². The van der Waals surface area contributed by atoms with Crippen LogP contribution in [0, 0.1) is 0 Å². The number of benzene rings is 1. The predicted octanol–water partition coefficient (Wildman–Crippen LogP) is 1.72. The predicted molar refractivity (Wildman–Crippen MR) is 78.9 cm³/mol. The summed E-state index contributed by atoms with van der Waals surface area (Å²) in [5, 5.41) is 5.27. The van der Waals surface area contributed by atoms with E-state index in [0.29, 0.717) is 5.69 Å². The van der Waals surface area contributed by atoms with E-state index in [9.17, 15) is 14.4 Å². The fourth-order valence-corrected chi connectivity index (χ4v) is 1.56. The summed E-state index contributed by atoms with van der Waals surface area (Å²) in [7, 11) is 0. The Balaban J connectivity index is 2.55. The molecule has 6 nitrogen and oxygen atoms in total. The second-order valence-electron chi connectivity index (χ2n) is 4.71. The van der Waals surface area contributed by atoms with Crippen LogP contribution in [0.25, 0.3) is 0 Å². The van der Waals surface area contributed by atoms with Crippen molar-refractivity contribution >= 4 is 23.5 Å². The largest absolute Gasteiger partial charge is 0.452 e. The van der Waals surface area contributed by atoms with Crippen LogP contribution in [0.15, 0.2) is 24.3 Å². The van der Waals surface area contributed by atoms with Crippen LogP contribution in [0.3, 0.4) is 0 Å². The summed E-state index contributed by atoms with van der Waals surface area (Å²) in [6, 6.07) is 6.38. The number of hydrogen-bond donors (Lipinski definition) is 2. The minimum absolute atomic E-state index is 0.0410. The number of ether oxygens (including phenoxy) is 1. The first-order chi connectivity index (χ1) is 9.92. The Labute approximate surface area is 123 Å². The van der Waals surface area contributed by atoms with E-state index in [1.165, 1.54) is 13.0 Å². The molecule has 114 valence electrons. The number of nitrogens with one attached hydrogen (secondary N) is 2. The van der Waals surface area contributed by atoms with E-state index >= 15 is 0 Å². The van der Waals surface area contributed by atoms with Crippen LogP contribution in [0.1, 0.15) is 37.6 Å². The Bertz CT molecular complexity index is 528. The Hall–Kier alpha value is -2.37. The van der Waals surface area contributed by atoms with Crippen LogP contribution >= 0.6 is 0 Å². The van der Waals surface area contributed by atoms with Crippen LogP contribution in [-0.4, -0.2) is 30.4 Å². The molecule has 0 aliphatic heterocycles. The van der Waals surface area contributed by atoms with Gasteiger partial charge in [-0.1, -0.05) is 13.0 Å². The van der Waals surface area contributed by atoms with E-state index in [2.05, 4.69) is 10.6 Å². The average molecular weight is 292 g/mol.